The maximum atomic E-state index is 10.8. The lowest BCUT2D eigenvalue weighted by Crippen LogP contribution is -2.42. The molecule has 1 saturated heterocycles. The van der Waals surface area contributed by atoms with E-state index in [4.69, 9.17) is 5.11 Å². The highest BCUT2D eigenvalue weighted by Crippen LogP contribution is 2.22. The van der Waals surface area contributed by atoms with Crippen LogP contribution in [0, 0.1) is 5.92 Å². The fourth-order valence-electron chi connectivity index (χ4n) is 3.00. The van der Waals surface area contributed by atoms with Crippen LogP contribution in [0.2, 0.25) is 0 Å². The van der Waals surface area contributed by atoms with Gasteiger partial charge in [-0.25, -0.2) is 0 Å². The summed E-state index contributed by atoms with van der Waals surface area (Å²) in [4.78, 5) is 13.3. The SMILES string of the molecule is CC(Cc1ccccc1)N1CCCC(CC(=O)O)C1. The Hall–Kier alpha value is -1.35. The van der Waals surface area contributed by atoms with Crippen molar-refractivity contribution >= 4 is 5.97 Å². The Morgan fingerprint density at radius 2 is 2.16 bits per heavy atom. The summed E-state index contributed by atoms with van der Waals surface area (Å²) in [6.07, 6.45) is 3.53. The molecular formula is C16H23NO2. The minimum absolute atomic E-state index is 0.314. The van der Waals surface area contributed by atoms with E-state index in [1.54, 1.807) is 0 Å². The number of hydrogen-bond acceptors (Lipinski definition) is 2. The first kappa shape index (κ1) is 14.1. The molecule has 104 valence electrons. The van der Waals surface area contributed by atoms with Crippen molar-refractivity contribution in [2.24, 2.45) is 5.92 Å². The van der Waals surface area contributed by atoms with Gasteiger partial charge in [0, 0.05) is 19.0 Å². The van der Waals surface area contributed by atoms with E-state index in [9.17, 15) is 4.79 Å². The van der Waals surface area contributed by atoms with Crippen molar-refractivity contribution in [3.05, 3.63) is 35.9 Å². The van der Waals surface area contributed by atoms with Gasteiger partial charge in [0.05, 0.1) is 0 Å². The van der Waals surface area contributed by atoms with Gasteiger partial charge in [-0.1, -0.05) is 30.3 Å². The first-order chi connectivity index (χ1) is 9.15. The summed E-state index contributed by atoms with van der Waals surface area (Å²) in [7, 11) is 0. The predicted octanol–water partition coefficient (Wildman–Crippen LogP) is 2.80. The quantitative estimate of drug-likeness (QED) is 0.886. The largest absolute Gasteiger partial charge is 0.481 e. The van der Waals surface area contributed by atoms with Crippen LogP contribution in [0.15, 0.2) is 30.3 Å². The number of likely N-dealkylation sites (tertiary alicyclic amines) is 1. The number of hydrogen-bond donors (Lipinski definition) is 1. The average molecular weight is 261 g/mol. The predicted molar refractivity (Wildman–Crippen MR) is 76.2 cm³/mol. The van der Waals surface area contributed by atoms with Crippen LogP contribution in [0.25, 0.3) is 0 Å². The molecule has 0 bridgehead atoms. The topological polar surface area (TPSA) is 40.5 Å². The van der Waals surface area contributed by atoms with Crippen LogP contribution in [0.3, 0.4) is 0 Å². The van der Waals surface area contributed by atoms with E-state index >= 15 is 0 Å². The zero-order chi connectivity index (χ0) is 13.7. The van der Waals surface area contributed by atoms with Crippen LogP contribution in [-0.4, -0.2) is 35.1 Å². The van der Waals surface area contributed by atoms with Gasteiger partial charge in [0.25, 0.3) is 0 Å². The third kappa shape index (κ3) is 4.35. The summed E-state index contributed by atoms with van der Waals surface area (Å²) in [5.74, 6) is -0.341. The Morgan fingerprint density at radius 1 is 1.42 bits per heavy atom. The van der Waals surface area contributed by atoms with Crippen LogP contribution < -0.4 is 0 Å². The molecule has 0 radical (unpaired) electrons. The average Bonchev–Trinajstić information content (AvgIpc) is 2.39. The Balaban J connectivity index is 1.88. The van der Waals surface area contributed by atoms with Gasteiger partial charge in [0.2, 0.25) is 0 Å². The van der Waals surface area contributed by atoms with Crippen LogP contribution >= 0.6 is 0 Å². The summed E-state index contributed by atoms with van der Waals surface area (Å²) in [6.45, 7) is 4.28. The van der Waals surface area contributed by atoms with Gasteiger partial charge in [0.15, 0.2) is 0 Å². The minimum Gasteiger partial charge on any atom is -0.481 e. The van der Waals surface area contributed by atoms with Crippen LogP contribution in [0.4, 0.5) is 0 Å². The summed E-state index contributed by atoms with van der Waals surface area (Å²) < 4.78 is 0. The molecule has 2 unspecified atom stereocenters. The molecule has 2 atom stereocenters. The molecule has 0 spiro atoms. The van der Waals surface area contributed by atoms with E-state index in [0.29, 0.717) is 18.4 Å². The van der Waals surface area contributed by atoms with E-state index in [2.05, 4.69) is 36.1 Å². The van der Waals surface area contributed by atoms with Crippen molar-refractivity contribution in [2.45, 2.75) is 38.6 Å². The van der Waals surface area contributed by atoms with Gasteiger partial charge >= 0.3 is 5.97 Å². The van der Waals surface area contributed by atoms with E-state index in [1.807, 2.05) is 6.07 Å². The normalized spacial score (nSPS) is 22.1. The highest BCUT2D eigenvalue weighted by Gasteiger charge is 2.24. The second kappa shape index (κ2) is 6.71. The second-order valence-electron chi connectivity index (χ2n) is 5.64. The zero-order valence-electron chi connectivity index (χ0n) is 11.6. The van der Waals surface area contributed by atoms with E-state index < -0.39 is 5.97 Å². The summed E-state index contributed by atoms with van der Waals surface area (Å²) >= 11 is 0. The Bertz CT molecular complexity index is 404. The Labute approximate surface area is 115 Å². The third-order valence-electron chi connectivity index (χ3n) is 4.01. The molecule has 0 aliphatic carbocycles. The Morgan fingerprint density at radius 3 is 2.84 bits per heavy atom. The summed E-state index contributed by atoms with van der Waals surface area (Å²) in [5, 5.41) is 8.91. The van der Waals surface area contributed by atoms with Crippen molar-refractivity contribution in [2.75, 3.05) is 13.1 Å². The molecule has 3 heteroatoms. The lowest BCUT2D eigenvalue weighted by molar-refractivity contribution is -0.138. The lowest BCUT2D eigenvalue weighted by atomic mass is 9.93. The van der Waals surface area contributed by atoms with Gasteiger partial charge in [0.1, 0.15) is 0 Å². The molecule has 0 saturated carbocycles. The second-order valence-corrected chi connectivity index (χ2v) is 5.64. The highest BCUT2D eigenvalue weighted by atomic mass is 16.4. The van der Waals surface area contributed by atoms with Gasteiger partial charge in [-0.3, -0.25) is 4.79 Å². The van der Waals surface area contributed by atoms with Crippen LogP contribution in [0.1, 0.15) is 31.7 Å². The maximum Gasteiger partial charge on any atom is 0.303 e. The van der Waals surface area contributed by atoms with Gasteiger partial charge in [-0.05, 0) is 44.2 Å². The molecular weight excluding hydrogens is 238 g/mol. The van der Waals surface area contributed by atoms with Crippen molar-refractivity contribution in [3.63, 3.8) is 0 Å². The molecule has 1 aromatic rings. The number of carboxylic acids is 1. The van der Waals surface area contributed by atoms with Crippen LogP contribution in [0.5, 0.6) is 0 Å². The van der Waals surface area contributed by atoms with E-state index in [1.165, 1.54) is 5.56 Å². The molecule has 19 heavy (non-hydrogen) atoms. The first-order valence-electron chi connectivity index (χ1n) is 7.15. The number of benzene rings is 1. The van der Waals surface area contributed by atoms with Gasteiger partial charge < -0.3 is 10.0 Å². The first-order valence-corrected chi connectivity index (χ1v) is 7.15. The fraction of sp³-hybridized carbons (Fsp3) is 0.562. The number of nitrogens with zero attached hydrogens (tertiary/aromatic N) is 1. The molecule has 3 nitrogen and oxygen atoms in total. The maximum absolute atomic E-state index is 10.8. The minimum atomic E-state index is -0.664. The van der Waals surface area contributed by atoms with Crippen molar-refractivity contribution in [1.29, 1.82) is 0 Å². The number of carboxylic acid groups (broad SMARTS) is 1. The van der Waals surface area contributed by atoms with Crippen molar-refractivity contribution in [3.8, 4) is 0 Å². The van der Waals surface area contributed by atoms with Crippen LogP contribution in [-0.2, 0) is 11.2 Å². The molecule has 1 aliphatic rings. The molecule has 1 aliphatic heterocycles. The fourth-order valence-corrected chi connectivity index (χ4v) is 3.00. The van der Waals surface area contributed by atoms with Gasteiger partial charge in [-0.15, -0.1) is 0 Å². The summed E-state index contributed by atoms with van der Waals surface area (Å²) in [6, 6.07) is 11.0. The number of aliphatic carboxylic acids is 1. The standard InChI is InChI=1S/C16H23NO2/c1-13(10-14-6-3-2-4-7-14)17-9-5-8-15(12-17)11-16(18)19/h2-4,6-7,13,15H,5,8-12H2,1H3,(H,18,19). The zero-order valence-corrected chi connectivity index (χ0v) is 11.6. The molecule has 0 amide bonds. The lowest BCUT2D eigenvalue weighted by Gasteiger charge is -2.36. The van der Waals surface area contributed by atoms with E-state index in [0.717, 1.165) is 32.4 Å². The van der Waals surface area contributed by atoms with Crippen molar-refractivity contribution in [1.82, 2.24) is 4.90 Å². The van der Waals surface area contributed by atoms with Gasteiger partial charge in [-0.2, -0.15) is 0 Å². The molecule has 2 rings (SSSR count). The highest BCUT2D eigenvalue weighted by molar-refractivity contribution is 5.67. The molecule has 1 aromatic carbocycles. The monoisotopic (exact) mass is 261 g/mol. The molecule has 1 fully saturated rings. The Kier molecular flexibility index (Phi) is 4.97. The number of carbonyl (C=O) groups is 1. The van der Waals surface area contributed by atoms with E-state index in [-0.39, 0.29) is 0 Å². The third-order valence-corrected chi connectivity index (χ3v) is 4.01. The molecule has 0 aromatic heterocycles. The molecule has 1 heterocycles. The molecule has 1 N–H and O–H groups in total. The smallest absolute Gasteiger partial charge is 0.303 e. The summed E-state index contributed by atoms with van der Waals surface area (Å²) in [5.41, 5.74) is 1.36. The number of rotatable bonds is 5. The van der Waals surface area contributed by atoms with Crippen molar-refractivity contribution < 1.29 is 9.90 Å². The number of piperidine rings is 1.